The molecule has 1 saturated carbocycles. The summed E-state index contributed by atoms with van der Waals surface area (Å²) in [6, 6.07) is 16.2. The van der Waals surface area contributed by atoms with Crippen molar-refractivity contribution in [3.63, 3.8) is 0 Å². The molecule has 1 aliphatic rings. The van der Waals surface area contributed by atoms with Crippen molar-refractivity contribution in [2.45, 2.75) is 44.7 Å². The van der Waals surface area contributed by atoms with Gasteiger partial charge in [0.05, 0.1) is 0 Å². The van der Waals surface area contributed by atoms with Crippen molar-refractivity contribution in [3.8, 4) is 5.75 Å². The highest BCUT2D eigenvalue weighted by Crippen LogP contribution is 2.30. The highest BCUT2D eigenvalue weighted by molar-refractivity contribution is 5.75. The number of carboxylic acid groups (broad SMARTS) is 1. The molecule has 2 amide bonds. The third kappa shape index (κ3) is 7.14. The molecule has 0 heterocycles. The van der Waals surface area contributed by atoms with Gasteiger partial charge in [-0.1, -0.05) is 42.5 Å². The standard InChI is InChI=1S/C23H28N2O4/c26-21-11-8-19(9-12-21)16-25(15-18-6-7-18)23(29)24-20(10-13-22(27)28)14-17-4-2-1-3-5-17/h1-5,8-9,11-12,18,20,26H,6-7,10,13-16H2,(H,24,29)(H,27,28). The number of amides is 2. The Morgan fingerprint density at radius 1 is 1.03 bits per heavy atom. The number of carbonyl (C=O) groups excluding carboxylic acids is 1. The minimum atomic E-state index is -0.865. The monoisotopic (exact) mass is 396 g/mol. The van der Waals surface area contributed by atoms with Crippen LogP contribution in [-0.2, 0) is 17.8 Å². The van der Waals surface area contributed by atoms with Crippen LogP contribution in [-0.4, -0.2) is 39.7 Å². The largest absolute Gasteiger partial charge is 0.508 e. The summed E-state index contributed by atoms with van der Waals surface area (Å²) in [6.07, 6.45) is 3.25. The molecular formula is C23H28N2O4. The minimum absolute atomic E-state index is 0.0123. The van der Waals surface area contributed by atoms with Crippen molar-refractivity contribution in [1.29, 1.82) is 0 Å². The van der Waals surface area contributed by atoms with Crippen molar-refractivity contribution < 1.29 is 19.8 Å². The molecule has 0 saturated heterocycles. The van der Waals surface area contributed by atoms with Crippen molar-refractivity contribution in [2.75, 3.05) is 6.54 Å². The second kappa shape index (κ2) is 9.96. The van der Waals surface area contributed by atoms with E-state index in [4.69, 9.17) is 5.11 Å². The molecule has 1 unspecified atom stereocenters. The van der Waals surface area contributed by atoms with E-state index in [9.17, 15) is 14.7 Å². The zero-order valence-corrected chi connectivity index (χ0v) is 16.5. The van der Waals surface area contributed by atoms with Crippen molar-refractivity contribution in [3.05, 3.63) is 65.7 Å². The van der Waals surface area contributed by atoms with Crippen LogP contribution in [0.3, 0.4) is 0 Å². The van der Waals surface area contributed by atoms with Gasteiger partial charge in [0, 0.05) is 25.6 Å². The van der Waals surface area contributed by atoms with Crippen LogP contribution in [0.5, 0.6) is 5.75 Å². The van der Waals surface area contributed by atoms with Gasteiger partial charge in [-0.2, -0.15) is 0 Å². The number of carbonyl (C=O) groups is 2. The molecule has 0 aromatic heterocycles. The molecule has 1 atom stereocenters. The summed E-state index contributed by atoms with van der Waals surface area (Å²) in [4.78, 5) is 25.9. The van der Waals surface area contributed by atoms with Gasteiger partial charge in [0.25, 0.3) is 0 Å². The van der Waals surface area contributed by atoms with Crippen LogP contribution in [0.25, 0.3) is 0 Å². The smallest absolute Gasteiger partial charge is 0.317 e. The van der Waals surface area contributed by atoms with Gasteiger partial charge in [-0.15, -0.1) is 0 Å². The van der Waals surface area contributed by atoms with Gasteiger partial charge in [0.1, 0.15) is 5.75 Å². The number of urea groups is 1. The zero-order valence-electron chi connectivity index (χ0n) is 16.5. The molecule has 1 fully saturated rings. The van der Waals surface area contributed by atoms with Crippen molar-refractivity contribution in [1.82, 2.24) is 10.2 Å². The number of phenols is 1. The number of nitrogens with zero attached hydrogens (tertiary/aromatic N) is 1. The summed E-state index contributed by atoms with van der Waals surface area (Å²) in [7, 11) is 0. The van der Waals surface area contributed by atoms with E-state index >= 15 is 0 Å². The molecule has 3 N–H and O–H groups in total. The third-order valence-corrected chi connectivity index (χ3v) is 5.13. The summed E-state index contributed by atoms with van der Waals surface area (Å²) in [5.74, 6) is -0.135. The molecule has 1 aliphatic carbocycles. The first-order valence-electron chi connectivity index (χ1n) is 10.1. The first-order valence-corrected chi connectivity index (χ1v) is 10.1. The van der Waals surface area contributed by atoms with Crippen LogP contribution >= 0.6 is 0 Å². The van der Waals surface area contributed by atoms with E-state index in [2.05, 4.69) is 5.32 Å². The number of hydrogen-bond acceptors (Lipinski definition) is 3. The Hall–Kier alpha value is -3.02. The van der Waals surface area contributed by atoms with E-state index in [-0.39, 0.29) is 24.2 Å². The molecule has 0 spiro atoms. The highest BCUT2D eigenvalue weighted by Gasteiger charge is 2.28. The third-order valence-electron chi connectivity index (χ3n) is 5.13. The molecule has 0 bridgehead atoms. The predicted octanol–water partition coefficient (Wildman–Crippen LogP) is 3.79. The second-order valence-electron chi connectivity index (χ2n) is 7.76. The highest BCUT2D eigenvalue weighted by atomic mass is 16.4. The van der Waals surface area contributed by atoms with Crippen molar-refractivity contribution >= 4 is 12.0 Å². The lowest BCUT2D eigenvalue weighted by Gasteiger charge is -2.27. The topological polar surface area (TPSA) is 89.9 Å². The SMILES string of the molecule is O=C(O)CCC(Cc1ccccc1)NC(=O)N(Cc1ccc(O)cc1)CC1CC1. The first-order chi connectivity index (χ1) is 14.0. The van der Waals surface area contributed by atoms with E-state index in [1.807, 2.05) is 42.5 Å². The Morgan fingerprint density at radius 3 is 2.34 bits per heavy atom. The summed E-state index contributed by atoms with van der Waals surface area (Å²) in [5.41, 5.74) is 2.01. The van der Waals surface area contributed by atoms with Gasteiger partial charge in [0.2, 0.25) is 0 Å². The van der Waals surface area contributed by atoms with Gasteiger partial charge in [0.15, 0.2) is 0 Å². The molecule has 3 rings (SSSR count). The number of carboxylic acids is 1. The van der Waals surface area contributed by atoms with Crippen LogP contribution in [0.2, 0.25) is 0 Å². The molecule has 154 valence electrons. The minimum Gasteiger partial charge on any atom is -0.508 e. The van der Waals surface area contributed by atoms with Crippen LogP contribution in [0.15, 0.2) is 54.6 Å². The lowest BCUT2D eigenvalue weighted by molar-refractivity contribution is -0.137. The maximum Gasteiger partial charge on any atom is 0.317 e. The van der Waals surface area contributed by atoms with E-state index in [0.29, 0.717) is 31.8 Å². The lowest BCUT2D eigenvalue weighted by Crippen LogP contribution is -2.46. The predicted molar refractivity (Wildman–Crippen MR) is 111 cm³/mol. The van der Waals surface area contributed by atoms with Gasteiger partial charge >= 0.3 is 12.0 Å². The molecule has 6 heteroatoms. The number of aliphatic carboxylic acids is 1. The van der Waals surface area contributed by atoms with E-state index in [0.717, 1.165) is 24.0 Å². The van der Waals surface area contributed by atoms with Crippen LogP contribution in [0.4, 0.5) is 4.79 Å². The van der Waals surface area contributed by atoms with Gasteiger partial charge in [-0.05, 0) is 54.9 Å². The van der Waals surface area contributed by atoms with E-state index in [1.165, 1.54) is 0 Å². The fraction of sp³-hybridized carbons (Fsp3) is 0.391. The van der Waals surface area contributed by atoms with Gasteiger partial charge < -0.3 is 20.4 Å². The van der Waals surface area contributed by atoms with Gasteiger partial charge in [-0.25, -0.2) is 4.79 Å². The molecule has 2 aromatic rings. The average Bonchev–Trinajstić information content (AvgIpc) is 3.52. The fourth-order valence-electron chi connectivity index (χ4n) is 3.34. The lowest BCUT2D eigenvalue weighted by atomic mass is 10.0. The Labute approximate surface area is 171 Å². The molecular weight excluding hydrogens is 368 g/mol. The quantitative estimate of drug-likeness (QED) is 0.570. The fourth-order valence-corrected chi connectivity index (χ4v) is 3.34. The zero-order chi connectivity index (χ0) is 20.6. The number of benzene rings is 2. The second-order valence-corrected chi connectivity index (χ2v) is 7.76. The summed E-state index contributed by atoms with van der Waals surface area (Å²) in [5, 5.41) is 21.6. The molecule has 0 radical (unpaired) electrons. The normalized spacial score (nSPS) is 14.2. The molecule has 2 aromatic carbocycles. The Kier molecular flexibility index (Phi) is 7.11. The van der Waals surface area contributed by atoms with Crippen LogP contribution < -0.4 is 5.32 Å². The number of hydrogen-bond donors (Lipinski definition) is 3. The number of nitrogens with one attached hydrogen (secondary N) is 1. The maximum absolute atomic E-state index is 13.0. The van der Waals surface area contributed by atoms with E-state index < -0.39 is 5.97 Å². The Balaban J connectivity index is 1.67. The van der Waals surface area contributed by atoms with Gasteiger partial charge in [-0.3, -0.25) is 4.79 Å². The summed E-state index contributed by atoms with van der Waals surface area (Å²) < 4.78 is 0. The van der Waals surface area contributed by atoms with Crippen LogP contribution in [0.1, 0.15) is 36.8 Å². The molecule has 6 nitrogen and oxygen atoms in total. The number of aromatic hydroxyl groups is 1. The molecule has 0 aliphatic heterocycles. The first kappa shape index (κ1) is 20.7. The summed E-state index contributed by atoms with van der Waals surface area (Å²) >= 11 is 0. The molecule has 29 heavy (non-hydrogen) atoms. The van der Waals surface area contributed by atoms with Crippen molar-refractivity contribution in [2.24, 2.45) is 5.92 Å². The number of phenolic OH excluding ortho intramolecular Hbond substituents is 1. The average molecular weight is 396 g/mol. The Bertz CT molecular complexity index is 803. The Morgan fingerprint density at radius 2 is 1.72 bits per heavy atom. The van der Waals surface area contributed by atoms with Crippen LogP contribution in [0, 0.1) is 5.92 Å². The maximum atomic E-state index is 13.0. The van der Waals surface area contributed by atoms with E-state index in [1.54, 1.807) is 17.0 Å². The number of rotatable bonds is 10. The summed E-state index contributed by atoms with van der Waals surface area (Å²) in [6.45, 7) is 1.14.